The molecule has 186 valence electrons. The Balaban J connectivity index is 3.09. The average Bonchev–Trinajstić information content (AvgIpc) is 2.75. The van der Waals surface area contributed by atoms with E-state index >= 15 is 0 Å². The van der Waals surface area contributed by atoms with Crippen LogP contribution < -0.4 is 27.4 Å². The minimum absolute atomic E-state index is 0.0580. The average molecular weight is 498 g/mol. The van der Waals surface area contributed by atoms with Crippen molar-refractivity contribution in [1.82, 2.24) is 16.0 Å². The summed E-state index contributed by atoms with van der Waals surface area (Å²) in [5, 5.41) is 24.9. The highest BCUT2D eigenvalue weighted by atomic mass is 32.1. The maximum Gasteiger partial charge on any atom is 0.327 e. The summed E-state index contributed by atoms with van der Waals surface area (Å²) in [5.74, 6) is -6.81. The van der Waals surface area contributed by atoms with Crippen LogP contribution in [-0.4, -0.2) is 75.7 Å². The molecule has 4 amide bonds. The van der Waals surface area contributed by atoms with Crippen LogP contribution in [0.5, 0.6) is 0 Å². The zero-order valence-corrected chi connectivity index (χ0v) is 18.9. The molecule has 0 aromatic heterocycles. The summed E-state index contributed by atoms with van der Waals surface area (Å²) in [5.41, 5.74) is 11.3. The molecular formula is C20H27N5O8S. The van der Waals surface area contributed by atoms with Crippen LogP contribution in [0.4, 0.5) is 0 Å². The van der Waals surface area contributed by atoms with Crippen molar-refractivity contribution < 1.29 is 39.0 Å². The van der Waals surface area contributed by atoms with Gasteiger partial charge < -0.3 is 37.6 Å². The zero-order chi connectivity index (χ0) is 25.8. The Bertz CT molecular complexity index is 913. The van der Waals surface area contributed by atoms with Crippen LogP contribution in [0.1, 0.15) is 18.4 Å². The molecule has 1 aromatic carbocycles. The maximum atomic E-state index is 13.0. The van der Waals surface area contributed by atoms with Gasteiger partial charge in [-0.15, -0.1) is 0 Å². The third-order valence-electron chi connectivity index (χ3n) is 4.48. The quantitative estimate of drug-likeness (QED) is 0.125. The second-order valence-electron chi connectivity index (χ2n) is 7.27. The molecule has 0 saturated carbocycles. The van der Waals surface area contributed by atoms with Gasteiger partial charge in [0.15, 0.2) is 0 Å². The highest BCUT2D eigenvalue weighted by Gasteiger charge is 2.31. The predicted octanol–water partition coefficient (Wildman–Crippen LogP) is -2.62. The van der Waals surface area contributed by atoms with Gasteiger partial charge in [0.1, 0.15) is 18.1 Å². The van der Waals surface area contributed by atoms with Gasteiger partial charge in [0.05, 0.1) is 18.9 Å². The summed E-state index contributed by atoms with van der Waals surface area (Å²) in [7, 11) is 0. The second-order valence-corrected chi connectivity index (χ2v) is 7.63. The van der Waals surface area contributed by atoms with Crippen molar-refractivity contribution in [2.45, 2.75) is 43.4 Å². The lowest BCUT2D eigenvalue weighted by Crippen LogP contribution is -2.58. The number of thiol groups is 1. The van der Waals surface area contributed by atoms with E-state index in [0.717, 1.165) is 0 Å². The number of nitrogens with two attached hydrogens (primary N) is 2. The van der Waals surface area contributed by atoms with Crippen LogP contribution in [0, 0.1) is 0 Å². The van der Waals surface area contributed by atoms with Gasteiger partial charge in [-0.25, -0.2) is 4.79 Å². The monoisotopic (exact) mass is 497 g/mol. The molecule has 13 nitrogen and oxygen atoms in total. The molecule has 0 bridgehead atoms. The third-order valence-corrected chi connectivity index (χ3v) is 4.85. The van der Waals surface area contributed by atoms with Gasteiger partial charge in [0.2, 0.25) is 23.6 Å². The van der Waals surface area contributed by atoms with Crippen LogP contribution in [0.3, 0.4) is 0 Å². The summed E-state index contributed by atoms with van der Waals surface area (Å²) < 4.78 is 0. The maximum absolute atomic E-state index is 13.0. The molecule has 14 heteroatoms. The number of hydrogen-bond donors (Lipinski definition) is 8. The number of carboxylic acid groups (broad SMARTS) is 2. The van der Waals surface area contributed by atoms with Crippen LogP contribution in [0.2, 0.25) is 0 Å². The number of primary amides is 1. The number of nitrogens with one attached hydrogen (secondary N) is 3. The number of hydrogen-bond acceptors (Lipinski definition) is 8. The molecule has 1 aromatic rings. The minimum atomic E-state index is -1.65. The van der Waals surface area contributed by atoms with Crippen molar-refractivity contribution in [3.8, 4) is 0 Å². The van der Waals surface area contributed by atoms with Crippen molar-refractivity contribution in [3.63, 3.8) is 0 Å². The van der Waals surface area contributed by atoms with E-state index in [1.54, 1.807) is 30.3 Å². The summed E-state index contributed by atoms with van der Waals surface area (Å²) >= 11 is 3.81. The molecule has 1 rings (SSSR count). The second kappa shape index (κ2) is 13.8. The fourth-order valence-corrected chi connectivity index (χ4v) is 3.01. The number of benzene rings is 1. The zero-order valence-electron chi connectivity index (χ0n) is 18.0. The van der Waals surface area contributed by atoms with Crippen molar-refractivity contribution in [3.05, 3.63) is 35.9 Å². The Labute approximate surface area is 200 Å². The Morgan fingerprint density at radius 3 is 1.85 bits per heavy atom. The summed E-state index contributed by atoms with van der Waals surface area (Å²) in [4.78, 5) is 71.2. The van der Waals surface area contributed by atoms with E-state index in [2.05, 4.69) is 28.6 Å². The van der Waals surface area contributed by atoms with Gasteiger partial charge in [0.25, 0.3) is 0 Å². The molecule has 0 heterocycles. The fraction of sp³-hybridized carbons (Fsp3) is 0.400. The van der Waals surface area contributed by atoms with Crippen molar-refractivity contribution in [2.75, 3.05) is 5.75 Å². The van der Waals surface area contributed by atoms with Gasteiger partial charge in [-0.05, 0) is 5.56 Å². The van der Waals surface area contributed by atoms with Gasteiger partial charge in [-0.3, -0.25) is 24.0 Å². The summed E-state index contributed by atoms with van der Waals surface area (Å²) in [6, 6.07) is 2.73. The van der Waals surface area contributed by atoms with Crippen LogP contribution in [-0.2, 0) is 35.2 Å². The minimum Gasteiger partial charge on any atom is -0.481 e. The molecule has 4 atom stereocenters. The van der Waals surface area contributed by atoms with Gasteiger partial charge >= 0.3 is 11.9 Å². The Morgan fingerprint density at radius 2 is 1.35 bits per heavy atom. The SMILES string of the molecule is NC(=O)CC(N)C(=O)NC(Cc1ccccc1)C(=O)NC(CC(=O)O)C(=O)NC(CS)C(=O)O. The lowest BCUT2D eigenvalue weighted by Gasteiger charge is -2.24. The topological polar surface area (TPSA) is 231 Å². The highest BCUT2D eigenvalue weighted by molar-refractivity contribution is 7.80. The van der Waals surface area contributed by atoms with Crippen LogP contribution in [0.25, 0.3) is 0 Å². The van der Waals surface area contributed by atoms with Gasteiger partial charge in [-0.2, -0.15) is 12.6 Å². The molecule has 34 heavy (non-hydrogen) atoms. The first-order valence-electron chi connectivity index (χ1n) is 9.99. The number of rotatable bonds is 14. The number of aliphatic carboxylic acids is 2. The smallest absolute Gasteiger partial charge is 0.327 e. The van der Waals surface area contributed by atoms with E-state index in [-0.39, 0.29) is 12.2 Å². The molecular weight excluding hydrogens is 470 g/mol. The molecule has 4 unspecified atom stereocenters. The first kappa shape index (κ1) is 28.4. The molecule has 0 fully saturated rings. The standard InChI is InChI=1S/C20H27N5O8S/c21-11(7-15(22)26)17(29)23-12(6-10-4-2-1-3-5-10)18(30)24-13(8-16(27)28)19(31)25-14(9-34)20(32)33/h1-5,11-14,34H,6-9,21H2,(H2,22,26)(H,23,29)(H,24,30)(H,25,31)(H,27,28)(H,32,33). The molecule has 9 N–H and O–H groups in total. The first-order chi connectivity index (χ1) is 15.9. The molecule has 0 aliphatic heterocycles. The van der Waals surface area contributed by atoms with E-state index in [0.29, 0.717) is 5.56 Å². The molecule has 0 saturated heterocycles. The van der Waals surface area contributed by atoms with E-state index < -0.39 is 72.6 Å². The normalized spacial score (nSPS) is 14.1. The van der Waals surface area contributed by atoms with E-state index in [4.69, 9.17) is 21.7 Å². The van der Waals surface area contributed by atoms with Gasteiger partial charge in [-0.1, -0.05) is 30.3 Å². The number of carboxylic acids is 2. The van der Waals surface area contributed by atoms with Crippen molar-refractivity contribution in [1.29, 1.82) is 0 Å². The Kier molecular flexibility index (Phi) is 11.5. The van der Waals surface area contributed by atoms with Crippen molar-refractivity contribution in [2.24, 2.45) is 11.5 Å². The molecule has 0 radical (unpaired) electrons. The Hall–Kier alpha value is -3.65. The fourth-order valence-electron chi connectivity index (χ4n) is 2.76. The van der Waals surface area contributed by atoms with Crippen LogP contribution >= 0.6 is 12.6 Å². The third kappa shape index (κ3) is 9.87. The highest BCUT2D eigenvalue weighted by Crippen LogP contribution is 2.06. The van der Waals surface area contributed by atoms with Gasteiger partial charge in [0, 0.05) is 12.2 Å². The lowest BCUT2D eigenvalue weighted by molar-refractivity contribution is -0.143. The largest absolute Gasteiger partial charge is 0.481 e. The van der Waals surface area contributed by atoms with E-state index in [1.165, 1.54) is 0 Å². The first-order valence-corrected chi connectivity index (χ1v) is 10.6. The number of carbonyl (C=O) groups is 6. The molecule has 0 aliphatic carbocycles. The number of carbonyl (C=O) groups excluding carboxylic acids is 4. The lowest BCUT2D eigenvalue weighted by atomic mass is 10.0. The molecule has 0 aliphatic rings. The summed E-state index contributed by atoms with van der Waals surface area (Å²) in [6.07, 6.45) is -1.39. The molecule has 0 spiro atoms. The Morgan fingerprint density at radius 1 is 0.824 bits per heavy atom. The number of amides is 4. The van der Waals surface area contributed by atoms with Crippen molar-refractivity contribution >= 4 is 48.2 Å². The van der Waals surface area contributed by atoms with Crippen LogP contribution in [0.15, 0.2) is 30.3 Å². The predicted molar refractivity (Wildman–Crippen MR) is 121 cm³/mol. The van der Waals surface area contributed by atoms with E-state index in [9.17, 15) is 28.8 Å². The van der Waals surface area contributed by atoms with E-state index in [1.807, 2.05) is 0 Å². The summed E-state index contributed by atoms with van der Waals surface area (Å²) in [6.45, 7) is 0.